The number of likely N-dealkylation sites (tertiary alicyclic amines) is 1. The number of rotatable bonds is 10. The molecule has 2 aromatic rings. The van der Waals surface area contributed by atoms with Gasteiger partial charge in [-0.05, 0) is 73.9 Å². The third kappa shape index (κ3) is 6.12. The molecule has 7 heteroatoms. The molecule has 0 aromatic heterocycles. The minimum Gasteiger partial charge on any atom is -0.481 e. The maximum absolute atomic E-state index is 13.7. The van der Waals surface area contributed by atoms with Gasteiger partial charge in [0.05, 0.1) is 12.5 Å². The van der Waals surface area contributed by atoms with Gasteiger partial charge in [-0.15, -0.1) is 0 Å². The topological polar surface area (TPSA) is 66.8 Å². The number of halogens is 2. The Morgan fingerprint density at radius 1 is 1.12 bits per heavy atom. The lowest BCUT2D eigenvalue weighted by Crippen LogP contribution is -2.51. The van der Waals surface area contributed by atoms with Crippen LogP contribution in [0.5, 0.6) is 0 Å². The van der Waals surface area contributed by atoms with Crippen LogP contribution in [0, 0.1) is 11.8 Å². The van der Waals surface area contributed by atoms with Crippen LogP contribution in [0.25, 0.3) is 0 Å². The molecule has 4 rings (SSSR count). The Morgan fingerprint density at radius 2 is 1.85 bits per heavy atom. The summed E-state index contributed by atoms with van der Waals surface area (Å²) in [6, 6.07) is 14.9. The first kappa shape index (κ1) is 25.0. The standard InChI is InChI=1S/C27H31Cl2NO4/c1-17(11-12-34-16-18-5-6-18)30-26(19-7-9-22(28)10-8-19)24(20-3-2-4-23(29)13-20)14-21(27(30)33)15-25(31)32/h2-4,7-10,13,17-18,21,24,26H,5-6,11-12,14-16H2,1H3,(H,31,32). The van der Waals surface area contributed by atoms with Gasteiger partial charge in [-0.2, -0.15) is 0 Å². The zero-order valence-corrected chi connectivity index (χ0v) is 20.8. The van der Waals surface area contributed by atoms with Gasteiger partial charge in [0.2, 0.25) is 5.91 Å². The molecule has 34 heavy (non-hydrogen) atoms. The Kier molecular flexibility index (Phi) is 8.18. The molecule has 2 aliphatic rings. The summed E-state index contributed by atoms with van der Waals surface area (Å²) in [5.74, 6) is -1.10. The summed E-state index contributed by atoms with van der Waals surface area (Å²) >= 11 is 12.5. The van der Waals surface area contributed by atoms with E-state index in [1.54, 1.807) is 0 Å². The predicted octanol–water partition coefficient (Wildman–Crippen LogP) is 6.35. The van der Waals surface area contributed by atoms with E-state index in [1.807, 2.05) is 60.4 Å². The van der Waals surface area contributed by atoms with Crippen LogP contribution in [-0.4, -0.2) is 41.1 Å². The second-order valence-corrected chi connectivity index (χ2v) is 10.5. The molecule has 1 amide bonds. The zero-order valence-electron chi connectivity index (χ0n) is 19.3. The third-order valence-corrected chi connectivity index (χ3v) is 7.42. The molecule has 4 atom stereocenters. The fourth-order valence-corrected chi connectivity index (χ4v) is 5.31. The normalized spacial score (nSPS) is 23.7. The average Bonchev–Trinajstić information content (AvgIpc) is 3.62. The van der Waals surface area contributed by atoms with Crippen molar-refractivity contribution >= 4 is 35.1 Å². The fraction of sp³-hybridized carbons (Fsp3) is 0.481. The summed E-state index contributed by atoms with van der Waals surface area (Å²) < 4.78 is 5.86. The second-order valence-electron chi connectivity index (χ2n) is 9.59. The number of ether oxygens (including phenoxy) is 1. The molecule has 4 unspecified atom stereocenters. The lowest BCUT2D eigenvalue weighted by atomic mass is 9.74. The van der Waals surface area contributed by atoms with Crippen LogP contribution in [0.15, 0.2) is 48.5 Å². The van der Waals surface area contributed by atoms with Gasteiger partial charge in [-0.25, -0.2) is 0 Å². The first-order valence-corrected chi connectivity index (χ1v) is 12.7. The molecular formula is C27H31Cl2NO4. The van der Waals surface area contributed by atoms with Crippen LogP contribution in [-0.2, 0) is 14.3 Å². The van der Waals surface area contributed by atoms with Gasteiger partial charge < -0.3 is 14.7 Å². The number of piperidine rings is 1. The van der Waals surface area contributed by atoms with E-state index in [1.165, 1.54) is 12.8 Å². The van der Waals surface area contributed by atoms with E-state index in [-0.39, 0.29) is 30.3 Å². The van der Waals surface area contributed by atoms with Crippen molar-refractivity contribution in [2.75, 3.05) is 13.2 Å². The highest BCUT2D eigenvalue weighted by Gasteiger charge is 2.45. The first-order valence-electron chi connectivity index (χ1n) is 12.0. The number of hydrogen-bond donors (Lipinski definition) is 1. The second kappa shape index (κ2) is 11.1. The lowest BCUT2D eigenvalue weighted by Gasteiger charge is -2.47. The van der Waals surface area contributed by atoms with Gasteiger partial charge in [-0.1, -0.05) is 47.5 Å². The number of hydrogen-bond acceptors (Lipinski definition) is 3. The predicted molar refractivity (Wildman–Crippen MR) is 133 cm³/mol. The zero-order chi connectivity index (χ0) is 24.2. The van der Waals surface area contributed by atoms with Crippen molar-refractivity contribution in [3.05, 3.63) is 69.7 Å². The van der Waals surface area contributed by atoms with Crippen LogP contribution < -0.4 is 0 Å². The number of carbonyl (C=O) groups is 2. The molecule has 0 spiro atoms. The first-order chi connectivity index (χ1) is 16.3. The van der Waals surface area contributed by atoms with E-state index >= 15 is 0 Å². The molecule has 1 heterocycles. The van der Waals surface area contributed by atoms with Gasteiger partial charge >= 0.3 is 5.97 Å². The molecule has 5 nitrogen and oxygen atoms in total. The van der Waals surface area contributed by atoms with Crippen LogP contribution in [0.2, 0.25) is 10.0 Å². The van der Waals surface area contributed by atoms with E-state index < -0.39 is 11.9 Å². The Morgan fingerprint density at radius 3 is 2.50 bits per heavy atom. The Hall–Kier alpha value is -2.08. The van der Waals surface area contributed by atoms with Crippen LogP contribution in [0.3, 0.4) is 0 Å². The highest BCUT2D eigenvalue weighted by atomic mass is 35.5. The summed E-state index contributed by atoms with van der Waals surface area (Å²) in [7, 11) is 0. The van der Waals surface area contributed by atoms with Crippen molar-refractivity contribution in [2.45, 2.75) is 57.0 Å². The number of carboxylic acid groups (broad SMARTS) is 1. The van der Waals surface area contributed by atoms with Crippen LogP contribution >= 0.6 is 23.2 Å². The van der Waals surface area contributed by atoms with Gasteiger partial charge in [-0.3, -0.25) is 9.59 Å². The van der Waals surface area contributed by atoms with E-state index in [0.29, 0.717) is 35.4 Å². The van der Waals surface area contributed by atoms with Crippen molar-refractivity contribution in [3.8, 4) is 0 Å². The Bertz CT molecular complexity index is 1010. The minimum atomic E-state index is -0.964. The Labute approximate surface area is 211 Å². The Balaban J connectivity index is 1.69. The molecule has 1 saturated heterocycles. The average molecular weight is 504 g/mol. The van der Waals surface area contributed by atoms with Crippen molar-refractivity contribution < 1.29 is 19.4 Å². The molecule has 0 bridgehead atoms. The number of aliphatic carboxylic acids is 1. The van der Waals surface area contributed by atoms with Crippen molar-refractivity contribution in [1.82, 2.24) is 4.90 Å². The summed E-state index contributed by atoms with van der Waals surface area (Å²) in [6.07, 6.45) is 3.41. The minimum absolute atomic E-state index is 0.100. The smallest absolute Gasteiger partial charge is 0.304 e. The number of carbonyl (C=O) groups excluding carboxylic acids is 1. The number of carboxylic acids is 1. The van der Waals surface area contributed by atoms with Crippen molar-refractivity contribution in [2.24, 2.45) is 11.8 Å². The summed E-state index contributed by atoms with van der Waals surface area (Å²) in [4.78, 5) is 27.2. The van der Waals surface area contributed by atoms with E-state index in [4.69, 9.17) is 27.9 Å². The maximum atomic E-state index is 13.7. The quantitative estimate of drug-likeness (QED) is 0.383. The number of amides is 1. The number of benzene rings is 2. The fourth-order valence-electron chi connectivity index (χ4n) is 4.99. The van der Waals surface area contributed by atoms with Crippen LogP contribution in [0.1, 0.15) is 62.1 Å². The molecule has 0 radical (unpaired) electrons. The number of nitrogens with zero attached hydrogens (tertiary/aromatic N) is 1. The molecule has 182 valence electrons. The van der Waals surface area contributed by atoms with Gasteiger partial charge in [0.15, 0.2) is 0 Å². The molecule has 1 aliphatic heterocycles. The molecule has 2 aromatic carbocycles. The highest BCUT2D eigenvalue weighted by molar-refractivity contribution is 6.30. The summed E-state index contributed by atoms with van der Waals surface area (Å²) in [5.41, 5.74) is 1.97. The van der Waals surface area contributed by atoms with Gasteiger partial charge in [0.25, 0.3) is 0 Å². The molecule has 1 aliphatic carbocycles. The van der Waals surface area contributed by atoms with Crippen molar-refractivity contribution in [1.29, 1.82) is 0 Å². The maximum Gasteiger partial charge on any atom is 0.304 e. The SMILES string of the molecule is CC(CCOCC1CC1)N1C(=O)C(CC(=O)O)CC(c2cccc(Cl)c2)C1c1ccc(Cl)cc1. The summed E-state index contributed by atoms with van der Waals surface area (Å²) in [6.45, 7) is 3.37. The molecule has 1 saturated carbocycles. The lowest BCUT2D eigenvalue weighted by molar-refractivity contribution is -0.152. The molecular weight excluding hydrogens is 473 g/mol. The summed E-state index contributed by atoms with van der Waals surface area (Å²) in [5, 5.41) is 10.8. The van der Waals surface area contributed by atoms with Crippen molar-refractivity contribution in [3.63, 3.8) is 0 Å². The van der Waals surface area contributed by atoms with Gasteiger partial charge in [0.1, 0.15) is 0 Å². The van der Waals surface area contributed by atoms with E-state index in [9.17, 15) is 14.7 Å². The molecule has 1 N–H and O–H groups in total. The van der Waals surface area contributed by atoms with E-state index in [2.05, 4.69) is 0 Å². The van der Waals surface area contributed by atoms with Crippen LogP contribution in [0.4, 0.5) is 0 Å². The monoisotopic (exact) mass is 503 g/mol. The van der Waals surface area contributed by atoms with Gasteiger partial charge in [0, 0.05) is 41.1 Å². The highest BCUT2D eigenvalue weighted by Crippen LogP contribution is 2.47. The largest absolute Gasteiger partial charge is 0.481 e. The molecule has 2 fully saturated rings. The van der Waals surface area contributed by atoms with E-state index in [0.717, 1.165) is 17.7 Å². The third-order valence-electron chi connectivity index (χ3n) is 6.94.